The van der Waals surface area contributed by atoms with E-state index in [9.17, 15) is 0 Å². The van der Waals surface area contributed by atoms with Gasteiger partial charge in [-0.15, -0.1) is 0 Å². The van der Waals surface area contributed by atoms with Gasteiger partial charge in [0.2, 0.25) is 0 Å². The number of benzene rings is 1. The van der Waals surface area contributed by atoms with Gasteiger partial charge in [-0.25, -0.2) is 4.99 Å². The van der Waals surface area contributed by atoms with Crippen LogP contribution in [0.3, 0.4) is 0 Å². The Balaban J connectivity index is 1.78. The Morgan fingerprint density at radius 2 is 2.31 bits per heavy atom. The van der Waals surface area contributed by atoms with E-state index in [-0.39, 0.29) is 6.04 Å². The molecule has 1 aliphatic rings. The molecule has 0 N–H and O–H groups in total. The van der Waals surface area contributed by atoms with Gasteiger partial charge in [-0.3, -0.25) is 0 Å². The van der Waals surface area contributed by atoms with Crippen LogP contribution in [-0.2, 0) is 4.74 Å². The van der Waals surface area contributed by atoms with Crippen LogP contribution in [0, 0.1) is 0 Å². The molecule has 1 heterocycles. The molecule has 4 heteroatoms. The van der Waals surface area contributed by atoms with Crippen LogP contribution in [-0.4, -0.2) is 25.2 Å². The van der Waals surface area contributed by atoms with E-state index >= 15 is 0 Å². The van der Waals surface area contributed by atoms with Crippen LogP contribution in [0.15, 0.2) is 29.3 Å². The van der Waals surface area contributed by atoms with Crippen molar-refractivity contribution in [2.24, 2.45) is 4.99 Å². The van der Waals surface area contributed by atoms with Gasteiger partial charge in [0.15, 0.2) is 5.90 Å². The predicted octanol–water partition coefficient (Wildman–Crippen LogP) is 2.93. The number of nitrogens with zero attached hydrogens (tertiary/aromatic N) is 1. The highest BCUT2D eigenvalue weighted by Crippen LogP contribution is 2.23. The zero-order valence-corrected chi connectivity index (χ0v) is 9.91. The molecule has 2 rings (SSSR count). The summed E-state index contributed by atoms with van der Waals surface area (Å²) in [5.74, 6) is 1.49. The number of hydrogen-bond donors (Lipinski definition) is 0. The van der Waals surface area contributed by atoms with Crippen LogP contribution in [0.4, 0.5) is 0 Å². The molecule has 3 nitrogen and oxygen atoms in total. The van der Waals surface area contributed by atoms with Gasteiger partial charge in [0.05, 0.1) is 17.7 Å². The largest absolute Gasteiger partial charge is 0.492 e. The minimum Gasteiger partial charge on any atom is -0.492 e. The SMILES string of the molecule is CC1=NC(CCOc2ccccc2Cl)CO1. The quantitative estimate of drug-likeness (QED) is 0.809. The van der Waals surface area contributed by atoms with Gasteiger partial charge in [-0.1, -0.05) is 23.7 Å². The van der Waals surface area contributed by atoms with Gasteiger partial charge in [0.1, 0.15) is 12.4 Å². The van der Waals surface area contributed by atoms with Gasteiger partial charge in [-0.05, 0) is 12.1 Å². The van der Waals surface area contributed by atoms with E-state index in [1.165, 1.54) is 0 Å². The molecule has 0 amide bonds. The van der Waals surface area contributed by atoms with Crippen molar-refractivity contribution in [2.45, 2.75) is 19.4 Å². The van der Waals surface area contributed by atoms with E-state index in [4.69, 9.17) is 21.1 Å². The molecule has 1 aliphatic heterocycles. The Bertz CT molecular complexity index is 392. The minimum absolute atomic E-state index is 0.225. The van der Waals surface area contributed by atoms with Crippen molar-refractivity contribution >= 4 is 17.5 Å². The first-order chi connectivity index (χ1) is 7.75. The highest BCUT2D eigenvalue weighted by Gasteiger charge is 2.15. The van der Waals surface area contributed by atoms with Crippen LogP contribution in [0.1, 0.15) is 13.3 Å². The predicted molar refractivity (Wildman–Crippen MR) is 64.4 cm³/mol. The first kappa shape index (κ1) is 11.3. The lowest BCUT2D eigenvalue weighted by atomic mass is 10.2. The maximum Gasteiger partial charge on any atom is 0.180 e. The summed E-state index contributed by atoms with van der Waals surface area (Å²) < 4.78 is 10.8. The van der Waals surface area contributed by atoms with E-state index in [0.29, 0.717) is 18.2 Å². The molecule has 16 heavy (non-hydrogen) atoms. The van der Waals surface area contributed by atoms with E-state index in [1.54, 1.807) is 0 Å². The monoisotopic (exact) mass is 239 g/mol. The first-order valence-corrected chi connectivity index (χ1v) is 5.68. The second-order valence-corrected chi connectivity index (χ2v) is 4.09. The zero-order chi connectivity index (χ0) is 11.4. The van der Waals surface area contributed by atoms with Gasteiger partial charge in [-0.2, -0.15) is 0 Å². The number of aliphatic imine (C=N–C) groups is 1. The summed E-state index contributed by atoms with van der Waals surface area (Å²) in [5, 5.41) is 0.643. The third kappa shape index (κ3) is 2.89. The Labute approximate surface area is 100 Å². The third-order valence-electron chi connectivity index (χ3n) is 2.39. The summed E-state index contributed by atoms with van der Waals surface area (Å²) in [4.78, 5) is 4.32. The molecule has 0 radical (unpaired) electrons. The fourth-order valence-corrected chi connectivity index (χ4v) is 1.75. The van der Waals surface area contributed by atoms with Gasteiger partial charge < -0.3 is 9.47 Å². The highest BCUT2D eigenvalue weighted by atomic mass is 35.5. The number of rotatable bonds is 4. The van der Waals surface area contributed by atoms with Crippen LogP contribution in [0.2, 0.25) is 5.02 Å². The van der Waals surface area contributed by atoms with E-state index in [1.807, 2.05) is 31.2 Å². The molecular formula is C12H14ClNO2. The van der Waals surface area contributed by atoms with E-state index in [2.05, 4.69) is 4.99 Å². The van der Waals surface area contributed by atoms with Gasteiger partial charge in [0, 0.05) is 13.3 Å². The van der Waals surface area contributed by atoms with Crippen molar-refractivity contribution in [1.29, 1.82) is 0 Å². The van der Waals surface area contributed by atoms with Crippen LogP contribution >= 0.6 is 11.6 Å². The maximum absolute atomic E-state index is 5.97. The first-order valence-electron chi connectivity index (χ1n) is 5.30. The highest BCUT2D eigenvalue weighted by molar-refractivity contribution is 6.32. The Morgan fingerprint density at radius 3 is 3.00 bits per heavy atom. The van der Waals surface area contributed by atoms with E-state index < -0.39 is 0 Å². The molecule has 0 spiro atoms. The molecule has 0 aliphatic carbocycles. The molecule has 0 fully saturated rings. The van der Waals surface area contributed by atoms with Gasteiger partial charge >= 0.3 is 0 Å². The summed E-state index contributed by atoms with van der Waals surface area (Å²) in [6.45, 7) is 3.14. The van der Waals surface area contributed by atoms with Crippen LogP contribution < -0.4 is 4.74 Å². The average Bonchev–Trinajstić information content (AvgIpc) is 2.67. The van der Waals surface area contributed by atoms with Crippen molar-refractivity contribution in [3.63, 3.8) is 0 Å². The number of halogens is 1. The molecule has 0 aromatic heterocycles. The Kier molecular flexibility index (Phi) is 3.67. The lowest BCUT2D eigenvalue weighted by Crippen LogP contribution is -2.11. The normalized spacial score (nSPS) is 19.1. The second-order valence-electron chi connectivity index (χ2n) is 3.68. The van der Waals surface area contributed by atoms with Crippen molar-refractivity contribution in [3.05, 3.63) is 29.3 Å². The Morgan fingerprint density at radius 1 is 1.50 bits per heavy atom. The zero-order valence-electron chi connectivity index (χ0n) is 9.15. The standard InChI is InChI=1S/C12H14ClNO2/c1-9-14-10(8-16-9)6-7-15-12-5-3-2-4-11(12)13/h2-5,10H,6-8H2,1H3. The summed E-state index contributed by atoms with van der Waals surface area (Å²) in [6.07, 6.45) is 0.850. The fraction of sp³-hybridized carbons (Fsp3) is 0.417. The topological polar surface area (TPSA) is 30.8 Å². The molecule has 1 atom stereocenters. The molecule has 1 unspecified atom stereocenters. The third-order valence-corrected chi connectivity index (χ3v) is 2.71. The molecule has 0 saturated carbocycles. The fourth-order valence-electron chi connectivity index (χ4n) is 1.56. The van der Waals surface area contributed by atoms with E-state index in [0.717, 1.165) is 18.1 Å². The van der Waals surface area contributed by atoms with Crippen molar-refractivity contribution in [2.75, 3.05) is 13.2 Å². The lowest BCUT2D eigenvalue weighted by molar-refractivity contribution is 0.264. The molecular weight excluding hydrogens is 226 g/mol. The summed E-state index contributed by atoms with van der Waals surface area (Å²) in [7, 11) is 0. The molecule has 86 valence electrons. The van der Waals surface area contributed by atoms with Crippen molar-refractivity contribution < 1.29 is 9.47 Å². The molecule has 0 bridgehead atoms. The average molecular weight is 240 g/mol. The molecule has 0 saturated heterocycles. The minimum atomic E-state index is 0.225. The smallest absolute Gasteiger partial charge is 0.180 e. The summed E-state index contributed by atoms with van der Waals surface area (Å²) >= 11 is 5.97. The number of ether oxygens (including phenoxy) is 2. The second kappa shape index (κ2) is 5.21. The van der Waals surface area contributed by atoms with Gasteiger partial charge in [0.25, 0.3) is 0 Å². The Hall–Kier alpha value is -1.22. The molecule has 1 aromatic rings. The lowest BCUT2D eigenvalue weighted by Gasteiger charge is -2.09. The van der Waals surface area contributed by atoms with Crippen LogP contribution in [0.5, 0.6) is 5.75 Å². The number of para-hydroxylation sites is 1. The summed E-state index contributed by atoms with van der Waals surface area (Å²) in [6, 6.07) is 7.69. The van der Waals surface area contributed by atoms with Crippen molar-refractivity contribution in [3.8, 4) is 5.75 Å². The van der Waals surface area contributed by atoms with Crippen molar-refractivity contribution in [1.82, 2.24) is 0 Å². The number of hydrogen-bond acceptors (Lipinski definition) is 3. The molecule has 1 aromatic carbocycles. The summed E-state index contributed by atoms with van der Waals surface area (Å²) in [5.41, 5.74) is 0. The van der Waals surface area contributed by atoms with Crippen LogP contribution in [0.25, 0.3) is 0 Å². The maximum atomic E-state index is 5.97.